The molecule has 1 aromatic rings. The highest BCUT2D eigenvalue weighted by atomic mass is 16.5. The monoisotopic (exact) mass is 266 g/mol. The third-order valence-electron chi connectivity index (χ3n) is 3.10. The number of benzene rings is 1. The van der Waals surface area contributed by atoms with Gasteiger partial charge in [0.15, 0.2) is 0 Å². The van der Waals surface area contributed by atoms with E-state index in [-0.39, 0.29) is 11.3 Å². The first-order valence-corrected chi connectivity index (χ1v) is 6.18. The largest absolute Gasteiger partial charge is 0.497 e. The summed E-state index contributed by atoms with van der Waals surface area (Å²) in [6.45, 7) is 4.92. The van der Waals surface area contributed by atoms with Crippen LogP contribution in [0.25, 0.3) is 0 Å². The number of amidine groups is 1. The van der Waals surface area contributed by atoms with E-state index in [9.17, 15) is 0 Å². The first-order valence-electron chi connectivity index (χ1n) is 6.18. The van der Waals surface area contributed by atoms with Crippen molar-refractivity contribution in [2.24, 2.45) is 16.3 Å². The lowest BCUT2D eigenvalue weighted by atomic mass is 9.88. The van der Waals surface area contributed by atoms with Gasteiger partial charge in [0.2, 0.25) is 0 Å². The van der Waals surface area contributed by atoms with Crippen molar-refractivity contribution in [2.45, 2.75) is 26.9 Å². The minimum Gasteiger partial charge on any atom is -0.497 e. The zero-order chi connectivity index (χ0) is 14.3. The van der Waals surface area contributed by atoms with Crippen LogP contribution in [0.4, 0.5) is 0 Å². The van der Waals surface area contributed by atoms with Crippen LogP contribution >= 0.6 is 0 Å². The number of ether oxygens (including phenoxy) is 2. The second-order valence-corrected chi connectivity index (χ2v) is 5.02. The van der Waals surface area contributed by atoms with E-state index in [1.54, 1.807) is 7.11 Å². The normalized spacial score (nSPS) is 12.5. The molecule has 106 valence electrons. The van der Waals surface area contributed by atoms with Gasteiger partial charge in [0.05, 0.1) is 13.7 Å². The summed E-state index contributed by atoms with van der Waals surface area (Å²) < 4.78 is 10.7. The summed E-state index contributed by atoms with van der Waals surface area (Å²) in [6.07, 6.45) is 0.694. The molecule has 1 rings (SSSR count). The van der Waals surface area contributed by atoms with Crippen molar-refractivity contribution in [3.05, 3.63) is 29.8 Å². The molecule has 0 bridgehead atoms. The maximum absolute atomic E-state index is 8.66. The Labute approximate surface area is 114 Å². The predicted octanol–water partition coefficient (Wildman–Crippen LogP) is 2.37. The molecule has 0 heterocycles. The number of hydrogen-bond donors (Lipinski definition) is 2. The van der Waals surface area contributed by atoms with Crippen molar-refractivity contribution in [1.29, 1.82) is 0 Å². The predicted molar refractivity (Wildman–Crippen MR) is 74.5 cm³/mol. The molecule has 0 unspecified atom stereocenters. The van der Waals surface area contributed by atoms with Crippen LogP contribution in [-0.4, -0.2) is 24.8 Å². The number of rotatable bonds is 7. The van der Waals surface area contributed by atoms with E-state index in [0.29, 0.717) is 19.6 Å². The first kappa shape index (κ1) is 15.3. The fraction of sp³-hybridized carbons (Fsp3) is 0.500. The average molecular weight is 266 g/mol. The molecule has 0 radical (unpaired) electrons. The molecule has 19 heavy (non-hydrogen) atoms. The SMILES string of the molecule is COc1ccc(COCCC(C)(C)C(N)=NO)cc1. The zero-order valence-electron chi connectivity index (χ0n) is 11.7. The molecule has 5 heteroatoms. The molecule has 0 saturated carbocycles. The standard InChI is InChI=1S/C14H22N2O3/c1-14(2,13(15)16-17)8-9-19-10-11-4-6-12(18-3)7-5-11/h4-7,17H,8-10H2,1-3H3,(H2,15,16). The summed E-state index contributed by atoms with van der Waals surface area (Å²) in [5.74, 6) is 1.05. The number of methoxy groups -OCH3 is 1. The molecular weight excluding hydrogens is 244 g/mol. The van der Waals surface area contributed by atoms with Gasteiger partial charge in [0, 0.05) is 12.0 Å². The van der Waals surface area contributed by atoms with Crippen LogP contribution in [0.15, 0.2) is 29.4 Å². The van der Waals surface area contributed by atoms with Crippen LogP contribution in [0.3, 0.4) is 0 Å². The van der Waals surface area contributed by atoms with Gasteiger partial charge in [-0.25, -0.2) is 0 Å². The highest BCUT2D eigenvalue weighted by Gasteiger charge is 2.23. The third kappa shape index (κ3) is 4.79. The van der Waals surface area contributed by atoms with Crippen LogP contribution in [0, 0.1) is 5.41 Å². The topological polar surface area (TPSA) is 77.1 Å². The molecule has 0 fully saturated rings. The van der Waals surface area contributed by atoms with Gasteiger partial charge in [-0.05, 0) is 24.1 Å². The van der Waals surface area contributed by atoms with Gasteiger partial charge in [-0.3, -0.25) is 0 Å². The summed E-state index contributed by atoms with van der Waals surface area (Å²) in [4.78, 5) is 0. The van der Waals surface area contributed by atoms with Gasteiger partial charge in [-0.15, -0.1) is 0 Å². The van der Waals surface area contributed by atoms with Crippen molar-refractivity contribution in [3.8, 4) is 5.75 Å². The fourth-order valence-electron chi connectivity index (χ4n) is 1.50. The summed E-state index contributed by atoms with van der Waals surface area (Å²) in [5.41, 5.74) is 6.33. The van der Waals surface area contributed by atoms with Crippen LogP contribution in [-0.2, 0) is 11.3 Å². The summed E-state index contributed by atoms with van der Waals surface area (Å²) in [6, 6.07) is 7.74. The van der Waals surface area contributed by atoms with E-state index in [0.717, 1.165) is 11.3 Å². The van der Waals surface area contributed by atoms with Gasteiger partial charge in [-0.1, -0.05) is 31.1 Å². The minimum atomic E-state index is -0.366. The molecule has 0 aliphatic carbocycles. The molecule has 0 saturated heterocycles. The second kappa shape index (κ2) is 6.99. The fourth-order valence-corrected chi connectivity index (χ4v) is 1.50. The summed E-state index contributed by atoms with van der Waals surface area (Å²) in [5, 5.41) is 11.7. The Morgan fingerprint density at radius 3 is 2.47 bits per heavy atom. The Balaban J connectivity index is 2.34. The Morgan fingerprint density at radius 2 is 1.95 bits per heavy atom. The van der Waals surface area contributed by atoms with Crippen molar-refractivity contribution in [3.63, 3.8) is 0 Å². The van der Waals surface area contributed by atoms with Gasteiger partial charge in [0.1, 0.15) is 11.6 Å². The Bertz CT molecular complexity index is 413. The third-order valence-corrected chi connectivity index (χ3v) is 3.10. The molecule has 0 aromatic heterocycles. The van der Waals surface area contributed by atoms with E-state index < -0.39 is 0 Å². The van der Waals surface area contributed by atoms with Crippen molar-refractivity contribution < 1.29 is 14.7 Å². The molecular formula is C14H22N2O3. The molecule has 0 spiro atoms. The second-order valence-electron chi connectivity index (χ2n) is 5.02. The highest BCUT2D eigenvalue weighted by Crippen LogP contribution is 2.20. The number of nitrogens with two attached hydrogens (primary N) is 1. The van der Waals surface area contributed by atoms with Crippen LogP contribution in [0.2, 0.25) is 0 Å². The maximum atomic E-state index is 8.66. The summed E-state index contributed by atoms with van der Waals surface area (Å²) >= 11 is 0. The van der Waals surface area contributed by atoms with Gasteiger partial charge in [0.25, 0.3) is 0 Å². The van der Waals surface area contributed by atoms with Crippen LogP contribution in [0.1, 0.15) is 25.8 Å². The van der Waals surface area contributed by atoms with Crippen molar-refractivity contribution in [1.82, 2.24) is 0 Å². The lowest BCUT2D eigenvalue weighted by molar-refractivity contribution is 0.103. The van der Waals surface area contributed by atoms with E-state index >= 15 is 0 Å². The van der Waals surface area contributed by atoms with Gasteiger partial charge >= 0.3 is 0 Å². The quantitative estimate of drug-likeness (QED) is 0.261. The number of nitrogens with zero attached hydrogens (tertiary/aromatic N) is 1. The van der Waals surface area contributed by atoms with E-state index in [1.807, 2.05) is 38.1 Å². The number of hydrogen-bond acceptors (Lipinski definition) is 4. The van der Waals surface area contributed by atoms with Gasteiger partial charge in [-0.2, -0.15) is 0 Å². The van der Waals surface area contributed by atoms with E-state index in [1.165, 1.54) is 0 Å². The molecule has 0 aliphatic rings. The number of oxime groups is 1. The van der Waals surface area contributed by atoms with Crippen molar-refractivity contribution in [2.75, 3.05) is 13.7 Å². The average Bonchev–Trinajstić information content (AvgIpc) is 2.43. The summed E-state index contributed by atoms with van der Waals surface area (Å²) in [7, 11) is 1.64. The van der Waals surface area contributed by atoms with E-state index in [2.05, 4.69) is 5.16 Å². The van der Waals surface area contributed by atoms with Crippen LogP contribution in [0.5, 0.6) is 5.75 Å². The highest BCUT2D eigenvalue weighted by molar-refractivity contribution is 5.85. The Kier molecular flexibility index (Phi) is 5.63. The van der Waals surface area contributed by atoms with Crippen molar-refractivity contribution >= 4 is 5.84 Å². The molecule has 0 amide bonds. The lowest BCUT2D eigenvalue weighted by Gasteiger charge is -2.22. The molecule has 0 aliphatic heterocycles. The lowest BCUT2D eigenvalue weighted by Crippen LogP contribution is -2.33. The maximum Gasteiger partial charge on any atom is 0.144 e. The first-order chi connectivity index (χ1) is 8.99. The molecule has 3 N–H and O–H groups in total. The van der Waals surface area contributed by atoms with Crippen LogP contribution < -0.4 is 10.5 Å². The Morgan fingerprint density at radius 1 is 1.32 bits per heavy atom. The Hall–Kier alpha value is -1.75. The molecule has 0 atom stereocenters. The van der Waals surface area contributed by atoms with Gasteiger partial charge < -0.3 is 20.4 Å². The zero-order valence-corrected chi connectivity index (χ0v) is 11.7. The minimum absolute atomic E-state index is 0.223. The molecule has 1 aromatic carbocycles. The molecule has 5 nitrogen and oxygen atoms in total. The smallest absolute Gasteiger partial charge is 0.144 e. The van der Waals surface area contributed by atoms with E-state index in [4.69, 9.17) is 20.4 Å².